The molecule has 0 spiro atoms. The number of nitrogens with zero attached hydrogens (tertiary/aromatic N) is 2. The van der Waals surface area contributed by atoms with Crippen LogP contribution in [0.4, 0.5) is 11.4 Å². The molecule has 0 unspecified atom stereocenters. The van der Waals surface area contributed by atoms with Gasteiger partial charge in [-0.2, -0.15) is 0 Å². The number of anilines is 2. The zero-order valence-electron chi connectivity index (χ0n) is 13.5. The lowest BCUT2D eigenvalue weighted by Crippen LogP contribution is -2.42. The Bertz CT molecular complexity index is 642. The third-order valence-corrected chi connectivity index (χ3v) is 6.19. The van der Waals surface area contributed by atoms with Crippen molar-refractivity contribution in [3.05, 3.63) is 24.3 Å². The van der Waals surface area contributed by atoms with Gasteiger partial charge < -0.3 is 9.80 Å². The van der Waals surface area contributed by atoms with E-state index in [1.807, 2.05) is 24.3 Å². The predicted molar refractivity (Wildman–Crippen MR) is 95.3 cm³/mol. The fourth-order valence-corrected chi connectivity index (χ4v) is 4.84. The van der Waals surface area contributed by atoms with Crippen LogP contribution in [-0.4, -0.2) is 50.8 Å². The number of rotatable bonds is 6. The monoisotopic (exact) mass is 358 g/mol. The van der Waals surface area contributed by atoms with Gasteiger partial charge in [-0.1, -0.05) is 0 Å². The minimum absolute atomic E-state index is 0.00737. The molecule has 1 fully saturated rings. The maximum Gasteiger partial charge on any atom is 0.242 e. The molecule has 1 aromatic carbocycles. The van der Waals surface area contributed by atoms with Crippen LogP contribution in [-0.2, 0) is 14.6 Å². The van der Waals surface area contributed by atoms with Gasteiger partial charge in [-0.3, -0.25) is 4.79 Å². The molecule has 128 valence electrons. The lowest BCUT2D eigenvalue weighted by molar-refractivity contribution is -0.116. The molecule has 0 aliphatic carbocycles. The average molecular weight is 359 g/mol. The standard InChI is InChI=1S/C16H23ClN2O3S/c1-3-18(4-2)13-5-7-14(8-6-13)19(16(20)11-17)15-9-10-23(21,22)12-15/h5-8,15H,3-4,9-12H2,1-2H3/t15-/m0/s1. The van der Waals surface area contributed by atoms with Crippen LogP contribution in [0.25, 0.3) is 0 Å². The summed E-state index contributed by atoms with van der Waals surface area (Å²) in [4.78, 5) is 16.0. The summed E-state index contributed by atoms with van der Waals surface area (Å²) >= 11 is 5.72. The van der Waals surface area contributed by atoms with Crippen molar-refractivity contribution in [2.45, 2.75) is 26.3 Å². The molecule has 5 nitrogen and oxygen atoms in total. The zero-order chi connectivity index (χ0) is 17.0. The number of benzene rings is 1. The summed E-state index contributed by atoms with van der Waals surface area (Å²) in [6.07, 6.45) is 0.461. The summed E-state index contributed by atoms with van der Waals surface area (Å²) in [6.45, 7) is 5.98. The van der Waals surface area contributed by atoms with Crippen LogP contribution in [0.1, 0.15) is 20.3 Å². The Morgan fingerprint density at radius 3 is 2.17 bits per heavy atom. The van der Waals surface area contributed by atoms with Gasteiger partial charge >= 0.3 is 0 Å². The van der Waals surface area contributed by atoms with Crippen LogP contribution in [0.2, 0.25) is 0 Å². The van der Waals surface area contributed by atoms with E-state index >= 15 is 0 Å². The van der Waals surface area contributed by atoms with Crippen LogP contribution in [0.15, 0.2) is 24.3 Å². The first-order chi connectivity index (χ1) is 10.9. The second kappa shape index (κ2) is 7.53. The van der Waals surface area contributed by atoms with Crippen LogP contribution >= 0.6 is 11.6 Å². The molecule has 0 N–H and O–H groups in total. The molecule has 0 radical (unpaired) electrons. The van der Waals surface area contributed by atoms with Crippen molar-refractivity contribution >= 4 is 38.7 Å². The largest absolute Gasteiger partial charge is 0.372 e. The summed E-state index contributed by atoms with van der Waals surface area (Å²) in [7, 11) is -3.06. The van der Waals surface area contributed by atoms with Crippen molar-refractivity contribution in [3.63, 3.8) is 0 Å². The molecule has 2 rings (SSSR count). The molecule has 23 heavy (non-hydrogen) atoms. The van der Waals surface area contributed by atoms with E-state index < -0.39 is 9.84 Å². The van der Waals surface area contributed by atoms with Crippen molar-refractivity contribution < 1.29 is 13.2 Å². The van der Waals surface area contributed by atoms with Gasteiger partial charge in [0.05, 0.1) is 17.5 Å². The summed E-state index contributed by atoms with van der Waals surface area (Å²) in [5.41, 5.74) is 1.78. The van der Waals surface area contributed by atoms with Gasteiger partial charge in [-0.25, -0.2) is 8.42 Å². The van der Waals surface area contributed by atoms with E-state index in [1.165, 1.54) is 0 Å². The van der Waals surface area contributed by atoms with Gasteiger partial charge in [0.1, 0.15) is 5.88 Å². The zero-order valence-corrected chi connectivity index (χ0v) is 15.1. The summed E-state index contributed by atoms with van der Waals surface area (Å²) in [5, 5.41) is 0. The first-order valence-corrected chi connectivity index (χ1v) is 10.2. The lowest BCUT2D eigenvalue weighted by atomic mass is 10.1. The topological polar surface area (TPSA) is 57.7 Å². The van der Waals surface area contributed by atoms with Gasteiger partial charge in [-0.15, -0.1) is 11.6 Å². The van der Waals surface area contributed by atoms with E-state index in [-0.39, 0.29) is 29.3 Å². The molecule has 1 heterocycles. The Morgan fingerprint density at radius 1 is 1.17 bits per heavy atom. The van der Waals surface area contributed by atoms with Crippen molar-refractivity contribution in [1.29, 1.82) is 0 Å². The Labute approximate surface area is 143 Å². The first-order valence-electron chi connectivity index (χ1n) is 7.85. The van der Waals surface area contributed by atoms with Gasteiger partial charge in [0, 0.05) is 24.5 Å². The molecule has 0 saturated carbocycles. The van der Waals surface area contributed by atoms with Crippen LogP contribution in [0.5, 0.6) is 0 Å². The number of amides is 1. The Hall–Kier alpha value is -1.27. The maximum absolute atomic E-state index is 12.2. The highest BCUT2D eigenvalue weighted by Crippen LogP contribution is 2.27. The number of hydrogen-bond donors (Lipinski definition) is 0. The molecule has 1 atom stereocenters. The molecule has 7 heteroatoms. The van der Waals surface area contributed by atoms with Crippen molar-refractivity contribution in [1.82, 2.24) is 0 Å². The SMILES string of the molecule is CCN(CC)c1ccc(N(C(=O)CCl)[C@H]2CCS(=O)(=O)C2)cc1. The quantitative estimate of drug-likeness (QED) is 0.732. The third kappa shape index (κ3) is 4.18. The fraction of sp³-hybridized carbons (Fsp3) is 0.562. The first kappa shape index (κ1) is 18.1. The fourth-order valence-electron chi connectivity index (χ4n) is 3.01. The van der Waals surface area contributed by atoms with Crippen LogP contribution in [0, 0.1) is 0 Å². The number of alkyl halides is 1. The van der Waals surface area contributed by atoms with Crippen LogP contribution < -0.4 is 9.80 Å². The number of carbonyl (C=O) groups excluding carboxylic acids is 1. The van der Waals surface area contributed by atoms with Gasteiger partial charge in [0.2, 0.25) is 5.91 Å². The number of sulfone groups is 1. The summed E-state index contributed by atoms with van der Waals surface area (Å²) < 4.78 is 23.5. The molecule has 0 aromatic heterocycles. The Kier molecular flexibility index (Phi) is 5.92. The van der Waals surface area contributed by atoms with Gasteiger partial charge in [0.15, 0.2) is 9.84 Å². The van der Waals surface area contributed by atoms with E-state index in [9.17, 15) is 13.2 Å². The Morgan fingerprint density at radius 2 is 1.74 bits per heavy atom. The lowest BCUT2D eigenvalue weighted by Gasteiger charge is -2.29. The van der Waals surface area contributed by atoms with Gasteiger partial charge in [-0.05, 0) is 44.5 Å². The highest BCUT2D eigenvalue weighted by molar-refractivity contribution is 7.91. The summed E-state index contributed by atoms with van der Waals surface area (Å²) in [6, 6.07) is 7.32. The second-order valence-corrected chi connectivity index (χ2v) is 8.14. The molecule has 0 bridgehead atoms. The number of halogens is 1. The van der Waals surface area contributed by atoms with E-state index in [0.29, 0.717) is 12.1 Å². The summed E-state index contributed by atoms with van der Waals surface area (Å²) in [5.74, 6) is -0.285. The molecule has 1 aromatic rings. The van der Waals surface area contributed by atoms with Crippen molar-refractivity contribution in [2.75, 3.05) is 40.3 Å². The highest BCUT2D eigenvalue weighted by Gasteiger charge is 2.35. The maximum atomic E-state index is 12.2. The minimum Gasteiger partial charge on any atom is -0.372 e. The predicted octanol–water partition coefficient (Wildman–Crippen LogP) is 2.29. The van der Waals surface area contributed by atoms with E-state index in [2.05, 4.69) is 18.7 Å². The Balaban J connectivity index is 2.28. The minimum atomic E-state index is -3.06. The molecular formula is C16H23ClN2O3S. The van der Waals surface area contributed by atoms with Crippen molar-refractivity contribution in [3.8, 4) is 0 Å². The smallest absolute Gasteiger partial charge is 0.242 e. The third-order valence-electron chi connectivity index (χ3n) is 4.21. The second-order valence-electron chi connectivity index (χ2n) is 5.64. The van der Waals surface area contributed by atoms with E-state index in [1.54, 1.807) is 4.90 Å². The average Bonchev–Trinajstić information content (AvgIpc) is 2.89. The van der Waals surface area contributed by atoms with Crippen molar-refractivity contribution in [2.24, 2.45) is 0 Å². The van der Waals surface area contributed by atoms with Gasteiger partial charge in [0.25, 0.3) is 0 Å². The van der Waals surface area contributed by atoms with E-state index in [0.717, 1.165) is 18.8 Å². The molecular weight excluding hydrogens is 336 g/mol. The normalized spacial score (nSPS) is 19.5. The highest BCUT2D eigenvalue weighted by atomic mass is 35.5. The molecule has 1 saturated heterocycles. The number of hydrogen-bond acceptors (Lipinski definition) is 4. The number of carbonyl (C=O) groups is 1. The molecule has 1 aliphatic rings. The van der Waals surface area contributed by atoms with Crippen LogP contribution in [0.3, 0.4) is 0 Å². The van der Waals surface area contributed by atoms with E-state index in [4.69, 9.17) is 11.6 Å². The molecule has 1 aliphatic heterocycles. The molecule has 1 amide bonds.